The zero-order chi connectivity index (χ0) is 12.4. The lowest BCUT2D eigenvalue weighted by Crippen LogP contribution is -1.97. The van der Waals surface area contributed by atoms with Crippen LogP contribution in [-0.2, 0) is 6.42 Å². The minimum absolute atomic E-state index is 0.375. The molecule has 2 aromatic heterocycles. The second-order valence-corrected chi connectivity index (χ2v) is 4.57. The summed E-state index contributed by atoms with van der Waals surface area (Å²) >= 11 is 17.7. The number of aryl methyl sites for hydroxylation is 1. The molecule has 0 spiro atoms. The van der Waals surface area contributed by atoms with Crippen molar-refractivity contribution in [1.29, 1.82) is 0 Å². The molecule has 0 aliphatic carbocycles. The first kappa shape index (κ1) is 12.6. The Labute approximate surface area is 114 Å². The summed E-state index contributed by atoms with van der Waals surface area (Å²) < 4.78 is 0. The van der Waals surface area contributed by atoms with Gasteiger partial charge in [-0.3, -0.25) is 0 Å². The third kappa shape index (κ3) is 2.86. The van der Waals surface area contributed by atoms with Crippen LogP contribution < -0.4 is 0 Å². The van der Waals surface area contributed by atoms with E-state index in [0.29, 0.717) is 26.7 Å². The van der Waals surface area contributed by atoms with Gasteiger partial charge in [0.05, 0.1) is 10.0 Å². The summed E-state index contributed by atoms with van der Waals surface area (Å²) in [6.45, 7) is 1.99. The van der Waals surface area contributed by atoms with Gasteiger partial charge in [-0.05, 0) is 18.6 Å². The van der Waals surface area contributed by atoms with E-state index in [-0.39, 0.29) is 0 Å². The van der Waals surface area contributed by atoms with Crippen molar-refractivity contribution in [2.24, 2.45) is 0 Å². The average Bonchev–Trinajstić information content (AvgIpc) is 2.28. The van der Waals surface area contributed by atoms with Crippen molar-refractivity contribution >= 4 is 34.8 Å². The maximum Gasteiger partial charge on any atom is 0.181 e. The van der Waals surface area contributed by atoms with Crippen molar-refractivity contribution in [1.82, 2.24) is 15.0 Å². The van der Waals surface area contributed by atoms with Gasteiger partial charge in [-0.2, -0.15) is 0 Å². The normalized spacial score (nSPS) is 10.6. The Morgan fingerprint density at radius 2 is 1.88 bits per heavy atom. The van der Waals surface area contributed by atoms with Crippen LogP contribution in [-0.4, -0.2) is 15.0 Å². The summed E-state index contributed by atoms with van der Waals surface area (Å²) in [6.07, 6.45) is 2.26. The lowest BCUT2D eigenvalue weighted by atomic mass is 10.3. The zero-order valence-corrected chi connectivity index (χ0v) is 11.2. The number of nitrogens with zero attached hydrogens (tertiary/aromatic N) is 3. The molecule has 0 fully saturated rings. The molecule has 2 aromatic rings. The van der Waals surface area contributed by atoms with Gasteiger partial charge in [0.1, 0.15) is 10.8 Å². The Bertz CT molecular complexity index is 558. The molecule has 0 radical (unpaired) electrons. The molecule has 88 valence electrons. The summed E-state index contributed by atoms with van der Waals surface area (Å²) in [4.78, 5) is 12.6. The van der Waals surface area contributed by atoms with E-state index in [2.05, 4.69) is 15.0 Å². The molecule has 0 saturated carbocycles. The van der Waals surface area contributed by atoms with Crippen molar-refractivity contribution in [3.8, 4) is 11.5 Å². The summed E-state index contributed by atoms with van der Waals surface area (Å²) in [5, 5.41) is 1.25. The second kappa shape index (κ2) is 5.17. The minimum atomic E-state index is 0.375. The molecule has 3 nitrogen and oxygen atoms in total. The van der Waals surface area contributed by atoms with Crippen LogP contribution >= 0.6 is 34.8 Å². The van der Waals surface area contributed by atoms with Crippen molar-refractivity contribution < 1.29 is 0 Å². The molecule has 0 atom stereocenters. The van der Waals surface area contributed by atoms with E-state index in [0.717, 1.165) is 12.1 Å². The molecule has 0 aliphatic rings. The Morgan fingerprint density at radius 1 is 1.12 bits per heavy atom. The van der Waals surface area contributed by atoms with Crippen LogP contribution in [0.3, 0.4) is 0 Å². The molecular formula is C11H8Cl3N3. The molecule has 0 bridgehead atoms. The summed E-state index contributed by atoms with van der Waals surface area (Å²) in [5.41, 5.74) is 1.32. The van der Waals surface area contributed by atoms with Gasteiger partial charge >= 0.3 is 0 Å². The molecule has 0 aliphatic heterocycles. The predicted octanol–water partition coefficient (Wildman–Crippen LogP) is 4.06. The highest BCUT2D eigenvalue weighted by atomic mass is 35.5. The van der Waals surface area contributed by atoms with E-state index >= 15 is 0 Å². The Kier molecular flexibility index (Phi) is 3.82. The van der Waals surface area contributed by atoms with Gasteiger partial charge in [-0.1, -0.05) is 41.7 Å². The van der Waals surface area contributed by atoms with Gasteiger partial charge in [0.2, 0.25) is 0 Å². The second-order valence-electron chi connectivity index (χ2n) is 3.34. The molecular weight excluding hydrogens is 281 g/mol. The van der Waals surface area contributed by atoms with Crippen molar-refractivity contribution in [2.75, 3.05) is 0 Å². The van der Waals surface area contributed by atoms with E-state index in [1.54, 1.807) is 12.1 Å². The zero-order valence-electron chi connectivity index (χ0n) is 8.91. The van der Waals surface area contributed by atoms with Gasteiger partial charge in [-0.15, -0.1) is 0 Å². The van der Waals surface area contributed by atoms with Crippen LogP contribution in [0.5, 0.6) is 0 Å². The minimum Gasteiger partial charge on any atom is -0.250 e. The number of rotatable bonds is 2. The maximum absolute atomic E-state index is 6.04. The summed E-state index contributed by atoms with van der Waals surface area (Å²) in [6, 6.07) is 3.32. The highest BCUT2D eigenvalue weighted by molar-refractivity contribution is 6.36. The first-order valence-electron chi connectivity index (χ1n) is 4.95. The fraction of sp³-hybridized carbons (Fsp3) is 0.182. The third-order valence-electron chi connectivity index (χ3n) is 2.13. The van der Waals surface area contributed by atoms with Gasteiger partial charge in [0, 0.05) is 11.9 Å². The first-order chi connectivity index (χ1) is 8.10. The van der Waals surface area contributed by atoms with Crippen LogP contribution in [0, 0.1) is 0 Å². The lowest BCUT2D eigenvalue weighted by molar-refractivity contribution is 0.998. The SMILES string of the molecule is CCc1cc(Cl)nc(-c2ncc(Cl)cc2Cl)n1. The van der Waals surface area contributed by atoms with Gasteiger partial charge in [0.25, 0.3) is 0 Å². The van der Waals surface area contributed by atoms with Crippen LogP contribution in [0.1, 0.15) is 12.6 Å². The van der Waals surface area contributed by atoms with E-state index in [1.165, 1.54) is 6.20 Å². The summed E-state index contributed by atoms with van der Waals surface area (Å²) in [7, 11) is 0. The highest BCUT2D eigenvalue weighted by Crippen LogP contribution is 2.26. The van der Waals surface area contributed by atoms with Gasteiger partial charge < -0.3 is 0 Å². The summed E-state index contributed by atoms with van der Waals surface area (Å²) in [5.74, 6) is 0.413. The largest absolute Gasteiger partial charge is 0.250 e. The van der Waals surface area contributed by atoms with Gasteiger partial charge in [-0.25, -0.2) is 15.0 Å². The van der Waals surface area contributed by atoms with Gasteiger partial charge in [0.15, 0.2) is 5.82 Å². The quantitative estimate of drug-likeness (QED) is 0.782. The molecule has 2 heterocycles. The topological polar surface area (TPSA) is 38.7 Å². The Morgan fingerprint density at radius 3 is 2.53 bits per heavy atom. The van der Waals surface area contributed by atoms with Crippen LogP contribution in [0.2, 0.25) is 15.2 Å². The van der Waals surface area contributed by atoms with Crippen LogP contribution in [0.25, 0.3) is 11.5 Å². The molecule has 0 unspecified atom stereocenters. The number of hydrogen-bond donors (Lipinski definition) is 0. The van der Waals surface area contributed by atoms with E-state index in [9.17, 15) is 0 Å². The molecule has 2 rings (SSSR count). The number of pyridine rings is 1. The van der Waals surface area contributed by atoms with Crippen LogP contribution in [0.15, 0.2) is 18.3 Å². The number of halogens is 3. The highest BCUT2D eigenvalue weighted by Gasteiger charge is 2.11. The molecule has 0 amide bonds. The molecule has 0 aromatic carbocycles. The monoisotopic (exact) mass is 287 g/mol. The average molecular weight is 289 g/mol. The van der Waals surface area contributed by atoms with E-state index in [4.69, 9.17) is 34.8 Å². The molecule has 17 heavy (non-hydrogen) atoms. The third-order valence-corrected chi connectivity index (χ3v) is 2.82. The molecule has 0 saturated heterocycles. The smallest absolute Gasteiger partial charge is 0.181 e. The van der Waals surface area contributed by atoms with Crippen molar-refractivity contribution in [3.05, 3.63) is 39.2 Å². The first-order valence-corrected chi connectivity index (χ1v) is 6.08. The predicted molar refractivity (Wildman–Crippen MR) is 69.7 cm³/mol. The van der Waals surface area contributed by atoms with Crippen LogP contribution in [0.4, 0.5) is 0 Å². The van der Waals surface area contributed by atoms with E-state index in [1.807, 2.05) is 6.92 Å². The maximum atomic E-state index is 6.04. The Balaban J connectivity index is 2.55. The fourth-order valence-electron chi connectivity index (χ4n) is 1.33. The lowest BCUT2D eigenvalue weighted by Gasteiger charge is -2.04. The van der Waals surface area contributed by atoms with E-state index < -0.39 is 0 Å². The molecule has 6 heteroatoms. The number of aromatic nitrogens is 3. The fourth-order valence-corrected chi connectivity index (χ4v) is 2.00. The molecule has 0 N–H and O–H groups in total. The van der Waals surface area contributed by atoms with Crippen molar-refractivity contribution in [2.45, 2.75) is 13.3 Å². The van der Waals surface area contributed by atoms with Crippen molar-refractivity contribution in [3.63, 3.8) is 0 Å². The Hall–Kier alpha value is -0.900. The standard InChI is InChI=1S/C11H8Cl3N3/c1-2-7-4-9(14)17-11(16-7)10-8(13)3-6(12)5-15-10/h3-5H,2H2,1H3. The number of hydrogen-bond acceptors (Lipinski definition) is 3.